The van der Waals surface area contributed by atoms with E-state index in [0.717, 1.165) is 0 Å². The number of nitrogens with zero attached hydrogens (tertiary/aromatic N) is 1. The fourth-order valence-electron chi connectivity index (χ4n) is 3.06. The van der Waals surface area contributed by atoms with Gasteiger partial charge in [-0.3, -0.25) is 9.59 Å². The first kappa shape index (κ1) is 25.1. The molecule has 12 heteroatoms. The Balaban J connectivity index is 1.90. The van der Waals surface area contributed by atoms with Crippen LogP contribution in [0.25, 0.3) is 10.2 Å². The van der Waals surface area contributed by atoms with Gasteiger partial charge in [-0.1, -0.05) is 6.58 Å². The second-order valence-corrected chi connectivity index (χ2v) is 8.30. The molecule has 2 aromatic carbocycles. The Morgan fingerprint density at radius 2 is 1.82 bits per heavy atom. The summed E-state index contributed by atoms with van der Waals surface area (Å²) in [6.45, 7) is 4.17. The normalized spacial score (nSPS) is 11.4. The first-order valence-corrected chi connectivity index (χ1v) is 10.5. The first-order valence-electron chi connectivity index (χ1n) is 9.70. The smallest absolute Gasteiger partial charge is 0.412 e. The van der Waals surface area contributed by atoms with E-state index in [9.17, 15) is 31.5 Å². The van der Waals surface area contributed by atoms with Crippen LogP contribution in [0.4, 0.5) is 27.6 Å². The second kappa shape index (κ2) is 9.75. The molecule has 3 aromatic rings. The van der Waals surface area contributed by atoms with Crippen molar-refractivity contribution in [3.8, 4) is 5.75 Å². The summed E-state index contributed by atoms with van der Waals surface area (Å²) in [6.07, 6.45) is -5.23. The van der Waals surface area contributed by atoms with Crippen molar-refractivity contribution in [3.63, 3.8) is 0 Å². The van der Waals surface area contributed by atoms with Gasteiger partial charge >= 0.3 is 6.18 Å². The molecule has 3 rings (SSSR count). The average molecular weight is 499 g/mol. The number of benzene rings is 2. The van der Waals surface area contributed by atoms with Crippen LogP contribution >= 0.6 is 11.3 Å². The number of ether oxygens (including phenoxy) is 1. The van der Waals surface area contributed by atoms with Crippen LogP contribution < -0.4 is 15.4 Å². The number of amides is 2. The van der Waals surface area contributed by atoms with Gasteiger partial charge in [-0.2, -0.15) is 13.2 Å². The first-order chi connectivity index (χ1) is 15.9. The summed E-state index contributed by atoms with van der Waals surface area (Å²) in [6, 6.07) is 4.33. The van der Waals surface area contributed by atoms with E-state index in [0.29, 0.717) is 27.4 Å². The minimum atomic E-state index is -4.62. The van der Waals surface area contributed by atoms with Crippen LogP contribution in [0.2, 0.25) is 0 Å². The molecule has 0 bridgehead atoms. The number of nitrogens with one attached hydrogen (secondary N) is 2. The van der Waals surface area contributed by atoms with Gasteiger partial charge < -0.3 is 15.4 Å². The van der Waals surface area contributed by atoms with Gasteiger partial charge in [0.2, 0.25) is 0 Å². The van der Waals surface area contributed by atoms with Crippen LogP contribution in [-0.4, -0.2) is 36.6 Å². The molecule has 34 heavy (non-hydrogen) atoms. The quantitative estimate of drug-likeness (QED) is 0.338. The molecule has 0 fully saturated rings. The van der Waals surface area contributed by atoms with Gasteiger partial charge in [0.25, 0.3) is 11.8 Å². The number of carbonyl (C=O) groups is 2. The third kappa shape index (κ3) is 5.33. The van der Waals surface area contributed by atoms with Gasteiger partial charge in [-0.05, 0) is 31.5 Å². The van der Waals surface area contributed by atoms with Crippen LogP contribution in [0, 0.1) is 18.6 Å². The third-order valence-electron chi connectivity index (χ3n) is 4.74. The molecule has 0 unspecified atom stereocenters. The highest BCUT2D eigenvalue weighted by molar-refractivity contribution is 7.19. The molecular formula is C22H18F5N3O3S. The van der Waals surface area contributed by atoms with Crippen LogP contribution in [-0.2, 0) is 0 Å². The zero-order chi connectivity index (χ0) is 25.2. The summed E-state index contributed by atoms with van der Waals surface area (Å²) in [5.74, 6) is -4.32. The predicted molar refractivity (Wildman–Crippen MR) is 117 cm³/mol. The van der Waals surface area contributed by atoms with E-state index in [-0.39, 0.29) is 17.0 Å². The Morgan fingerprint density at radius 1 is 1.15 bits per heavy atom. The molecule has 0 saturated heterocycles. The Morgan fingerprint density at radius 3 is 2.47 bits per heavy atom. The van der Waals surface area contributed by atoms with Crippen molar-refractivity contribution < 1.29 is 36.3 Å². The topological polar surface area (TPSA) is 80.3 Å². The number of aromatic nitrogens is 1. The lowest BCUT2D eigenvalue weighted by Gasteiger charge is -2.15. The van der Waals surface area contributed by atoms with Gasteiger partial charge in [0, 0.05) is 18.2 Å². The van der Waals surface area contributed by atoms with Gasteiger partial charge in [-0.15, -0.1) is 11.3 Å². The van der Waals surface area contributed by atoms with Crippen molar-refractivity contribution >= 4 is 39.1 Å². The molecule has 180 valence electrons. The maximum atomic E-state index is 13.9. The van der Waals surface area contributed by atoms with Crippen molar-refractivity contribution in [2.24, 2.45) is 0 Å². The van der Waals surface area contributed by atoms with E-state index in [2.05, 4.69) is 22.2 Å². The number of hydrogen-bond donors (Lipinski definition) is 2. The lowest BCUT2D eigenvalue weighted by molar-refractivity contribution is -0.0934. The molecule has 0 aliphatic heterocycles. The Bertz CT molecular complexity index is 1290. The summed E-state index contributed by atoms with van der Waals surface area (Å²) < 4.78 is 71.2. The Kier molecular flexibility index (Phi) is 7.20. The molecule has 0 aliphatic carbocycles. The number of thiazole rings is 1. The highest BCUT2D eigenvalue weighted by atomic mass is 32.1. The molecular weight excluding hydrogens is 481 g/mol. The van der Waals surface area contributed by atoms with E-state index >= 15 is 0 Å². The van der Waals surface area contributed by atoms with Crippen molar-refractivity contribution in [3.05, 3.63) is 64.2 Å². The van der Waals surface area contributed by atoms with Crippen LogP contribution in [0.3, 0.4) is 0 Å². The number of halogens is 5. The number of aryl methyl sites for hydroxylation is 1. The molecule has 1 heterocycles. The van der Waals surface area contributed by atoms with Gasteiger partial charge in [0.05, 0.1) is 33.6 Å². The van der Waals surface area contributed by atoms with Crippen molar-refractivity contribution in [1.29, 1.82) is 0 Å². The van der Waals surface area contributed by atoms with E-state index < -0.39 is 53.7 Å². The summed E-state index contributed by atoms with van der Waals surface area (Å²) in [7, 11) is 1.34. The molecule has 0 saturated carbocycles. The average Bonchev–Trinajstić information content (AvgIpc) is 3.14. The molecule has 2 N–H and O–H groups in total. The van der Waals surface area contributed by atoms with Gasteiger partial charge in [0.1, 0.15) is 11.3 Å². The monoisotopic (exact) mass is 499 g/mol. The van der Waals surface area contributed by atoms with E-state index in [4.69, 9.17) is 4.74 Å². The number of fused-ring (bicyclic) bond motifs is 1. The maximum Gasteiger partial charge on any atom is 0.412 e. The lowest BCUT2D eigenvalue weighted by Crippen LogP contribution is -2.28. The zero-order valence-corrected chi connectivity index (χ0v) is 18.7. The van der Waals surface area contributed by atoms with Crippen LogP contribution in [0.15, 0.2) is 36.4 Å². The fraction of sp³-hybridized carbons (Fsp3) is 0.227. The summed E-state index contributed by atoms with van der Waals surface area (Å²) in [4.78, 5) is 29.9. The second-order valence-electron chi connectivity index (χ2n) is 7.10. The third-order valence-corrected chi connectivity index (χ3v) is 5.74. The van der Waals surface area contributed by atoms with Crippen LogP contribution in [0.1, 0.15) is 32.1 Å². The standard InChI is InChI=1S/C22H18F5N3O3S/c1-10(22(25,26)27)6-7-28-20(31)12-8-13(23)14(24)9-16(12)30-21(32)18-17(33-3)5-4-15-19(18)34-11(2)29-15/h4-5,8-9H,1,6-7H2,2-3H3,(H,28,31)(H,30,32). The molecule has 0 spiro atoms. The number of methoxy groups -OCH3 is 1. The summed E-state index contributed by atoms with van der Waals surface area (Å²) in [5, 5.41) is 5.23. The molecule has 1 aromatic heterocycles. The number of anilines is 1. The fourth-order valence-corrected chi connectivity index (χ4v) is 4.01. The van der Waals surface area contributed by atoms with E-state index in [1.807, 2.05) is 0 Å². The Labute approximate surface area is 194 Å². The predicted octanol–water partition coefficient (Wildman–Crippen LogP) is 5.38. The van der Waals surface area contributed by atoms with E-state index in [1.54, 1.807) is 13.0 Å². The highest BCUT2D eigenvalue weighted by Crippen LogP contribution is 2.33. The minimum absolute atomic E-state index is 0.0724. The van der Waals surface area contributed by atoms with Gasteiger partial charge in [-0.25, -0.2) is 13.8 Å². The highest BCUT2D eigenvalue weighted by Gasteiger charge is 2.31. The van der Waals surface area contributed by atoms with E-state index in [1.165, 1.54) is 24.5 Å². The summed E-state index contributed by atoms with van der Waals surface area (Å²) >= 11 is 1.21. The number of rotatable bonds is 7. The van der Waals surface area contributed by atoms with Crippen molar-refractivity contribution in [2.45, 2.75) is 19.5 Å². The maximum absolute atomic E-state index is 13.9. The van der Waals surface area contributed by atoms with Gasteiger partial charge in [0.15, 0.2) is 11.6 Å². The molecule has 0 aliphatic rings. The zero-order valence-electron chi connectivity index (χ0n) is 17.9. The Hall–Kier alpha value is -3.54. The largest absolute Gasteiger partial charge is 0.496 e. The van der Waals surface area contributed by atoms with Crippen molar-refractivity contribution in [2.75, 3.05) is 19.0 Å². The van der Waals surface area contributed by atoms with Crippen molar-refractivity contribution in [1.82, 2.24) is 10.3 Å². The number of alkyl halides is 3. The molecule has 0 atom stereocenters. The SMILES string of the molecule is C=C(CCNC(=O)c1cc(F)c(F)cc1NC(=O)c1c(OC)ccc2nc(C)sc12)C(F)(F)F. The lowest BCUT2D eigenvalue weighted by atomic mass is 10.1. The number of hydrogen-bond acceptors (Lipinski definition) is 5. The minimum Gasteiger partial charge on any atom is -0.496 e. The molecule has 2 amide bonds. The molecule has 0 radical (unpaired) electrons. The number of carbonyl (C=O) groups excluding carboxylic acids is 2. The summed E-state index contributed by atoms with van der Waals surface area (Å²) in [5.41, 5.74) is -1.33. The van der Waals surface area contributed by atoms with Crippen LogP contribution in [0.5, 0.6) is 5.75 Å². The molecule has 6 nitrogen and oxygen atoms in total.